The molecule has 1 aromatic heterocycles. The molecule has 0 fully saturated rings. The lowest BCUT2D eigenvalue weighted by Crippen LogP contribution is -2.39. The highest BCUT2D eigenvalue weighted by Gasteiger charge is 2.19. The average Bonchev–Trinajstić information content (AvgIpc) is 3.07. The highest BCUT2D eigenvalue weighted by molar-refractivity contribution is 6.03. The summed E-state index contributed by atoms with van der Waals surface area (Å²) < 4.78 is 5.34. The lowest BCUT2D eigenvalue weighted by atomic mass is 10.1. The Bertz CT molecular complexity index is 791. The van der Waals surface area contributed by atoms with Crippen molar-refractivity contribution in [3.8, 4) is 0 Å². The van der Waals surface area contributed by atoms with Crippen LogP contribution in [0.1, 0.15) is 12.7 Å². The van der Waals surface area contributed by atoms with Crippen LogP contribution < -0.4 is 5.32 Å². The highest BCUT2D eigenvalue weighted by Crippen LogP contribution is 2.23. The molecule has 0 bridgehead atoms. The molecule has 4 nitrogen and oxygen atoms in total. The maximum atomic E-state index is 12.5. The van der Waals surface area contributed by atoms with E-state index < -0.39 is 0 Å². The van der Waals surface area contributed by atoms with Crippen LogP contribution in [0.15, 0.2) is 65.3 Å². The van der Waals surface area contributed by atoms with Gasteiger partial charge in [-0.2, -0.15) is 0 Å². The number of benzene rings is 2. The van der Waals surface area contributed by atoms with Crippen molar-refractivity contribution in [1.29, 1.82) is 0 Å². The summed E-state index contributed by atoms with van der Waals surface area (Å²) in [6.07, 6.45) is 1.64. The van der Waals surface area contributed by atoms with E-state index in [1.54, 1.807) is 6.26 Å². The van der Waals surface area contributed by atoms with E-state index >= 15 is 0 Å². The van der Waals surface area contributed by atoms with Crippen LogP contribution in [0.3, 0.4) is 0 Å². The second-order valence-corrected chi connectivity index (χ2v) is 5.69. The number of amides is 1. The summed E-state index contributed by atoms with van der Waals surface area (Å²) in [5, 5.41) is 5.19. The third-order valence-electron chi connectivity index (χ3n) is 4.07. The number of carbonyl (C=O) groups excluding carboxylic acids is 1. The van der Waals surface area contributed by atoms with Crippen molar-refractivity contribution in [1.82, 2.24) is 4.90 Å². The minimum atomic E-state index is -0.265. The van der Waals surface area contributed by atoms with Crippen molar-refractivity contribution in [3.05, 3.63) is 66.6 Å². The summed E-state index contributed by atoms with van der Waals surface area (Å²) in [6.45, 7) is 2.49. The Morgan fingerprint density at radius 2 is 1.91 bits per heavy atom. The molecule has 3 rings (SSSR count). The molecule has 1 N–H and O–H groups in total. The van der Waals surface area contributed by atoms with Crippen molar-refractivity contribution in [2.75, 3.05) is 12.4 Å². The number of likely N-dealkylation sites (N-methyl/N-ethyl adjacent to an activating group) is 1. The Kier molecular flexibility index (Phi) is 4.44. The molecule has 23 heavy (non-hydrogen) atoms. The predicted molar refractivity (Wildman–Crippen MR) is 92.2 cm³/mol. The number of anilines is 1. The first kappa shape index (κ1) is 15.3. The Morgan fingerprint density at radius 1 is 1.13 bits per heavy atom. The number of hydrogen-bond acceptors (Lipinski definition) is 3. The summed E-state index contributed by atoms with van der Waals surface area (Å²) in [5.41, 5.74) is 0.839. The van der Waals surface area contributed by atoms with Crippen molar-refractivity contribution in [2.45, 2.75) is 19.5 Å². The third-order valence-corrected chi connectivity index (χ3v) is 4.07. The standard InChI is InChI=1S/C19H20N2O2/c1-14(21(2)13-16-9-6-12-23-16)19(22)20-18-11-5-8-15-7-3-4-10-17(15)18/h3-12,14H,13H2,1-2H3,(H,20,22). The van der Waals surface area contributed by atoms with Crippen molar-refractivity contribution in [2.24, 2.45) is 0 Å². The number of nitrogens with one attached hydrogen (secondary N) is 1. The fourth-order valence-corrected chi connectivity index (χ4v) is 2.56. The molecule has 0 saturated carbocycles. The first-order valence-corrected chi connectivity index (χ1v) is 7.66. The van der Waals surface area contributed by atoms with Gasteiger partial charge in [-0.15, -0.1) is 0 Å². The largest absolute Gasteiger partial charge is 0.468 e. The van der Waals surface area contributed by atoms with E-state index in [2.05, 4.69) is 5.32 Å². The molecule has 1 atom stereocenters. The van der Waals surface area contributed by atoms with E-state index in [0.717, 1.165) is 22.2 Å². The molecule has 1 amide bonds. The first-order chi connectivity index (χ1) is 11.1. The molecule has 0 spiro atoms. The minimum Gasteiger partial charge on any atom is -0.468 e. The quantitative estimate of drug-likeness (QED) is 0.777. The number of carbonyl (C=O) groups is 1. The van der Waals surface area contributed by atoms with E-state index in [1.165, 1.54) is 0 Å². The number of nitrogens with zero attached hydrogens (tertiary/aromatic N) is 1. The molecule has 118 valence electrons. The van der Waals surface area contributed by atoms with Gasteiger partial charge in [0, 0.05) is 11.1 Å². The summed E-state index contributed by atoms with van der Waals surface area (Å²) >= 11 is 0. The van der Waals surface area contributed by atoms with Crippen LogP contribution in [-0.2, 0) is 11.3 Å². The third kappa shape index (κ3) is 3.43. The molecule has 2 aromatic carbocycles. The maximum absolute atomic E-state index is 12.5. The summed E-state index contributed by atoms with van der Waals surface area (Å²) in [4.78, 5) is 14.5. The highest BCUT2D eigenvalue weighted by atomic mass is 16.3. The van der Waals surface area contributed by atoms with Crippen LogP contribution in [-0.4, -0.2) is 23.9 Å². The summed E-state index contributed by atoms with van der Waals surface area (Å²) in [5.74, 6) is 0.813. The lowest BCUT2D eigenvalue weighted by Gasteiger charge is -2.23. The van der Waals surface area contributed by atoms with Gasteiger partial charge >= 0.3 is 0 Å². The van der Waals surface area contributed by atoms with E-state index in [0.29, 0.717) is 6.54 Å². The smallest absolute Gasteiger partial charge is 0.241 e. The van der Waals surface area contributed by atoms with Gasteiger partial charge in [0.2, 0.25) is 5.91 Å². The van der Waals surface area contributed by atoms with E-state index in [-0.39, 0.29) is 11.9 Å². The van der Waals surface area contributed by atoms with Gasteiger partial charge in [-0.1, -0.05) is 36.4 Å². The normalized spacial score (nSPS) is 12.5. The van der Waals surface area contributed by atoms with Gasteiger partial charge in [-0.25, -0.2) is 0 Å². The molecule has 0 aliphatic rings. The molecule has 0 saturated heterocycles. The number of hydrogen-bond donors (Lipinski definition) is 1. The monoisotopic (exact) mass is 308 g/mol. The molecule has 0 radical (unpaired) electrons. The van der Waals surface area contributed by atoms with E-state index in [9.17, 15) is 4.79 Å². The second kappa shape index (κ2) is 6.67. The zero-order valence-electron chi connectivity index (χ0n) is 13.3. The molecule has 3 aromatic rings. The number of furan rings is 1. The Hall–Kier alpha value is -2.59. The van der Waals surface area contributed by atoms with Crippen molar-refractivity contribution >= 4 is 22.4 Å². The van der Waals surface area contributed by atoms with E-state index in [1.807, 2.05) is 73.5 Å². The molecule has 4 heteroatoms. The number of rotatable bonds is 5. The lowest BCUT2D eigenvalue weighted by molar-refractivity contribution is -0.120. The average molecular weight is 308 g/mol. The number of fused-ring (bicyclic) bond motifs is 1. The zero-order valence-corrected chi connectivity index (χ0v) is 13.3. The first-order valence-electron chi connectivity index (χ1n) is 7.66. The molecule has 1 unspecified atom stereocenters. The van der Waals surface area contributed by atoms with Gasteiger partial charge in [0.15, 0.2) is 0 Å². The summed E-state index contributed by atoms with van der Waals surface area (Å²) in [7, 11) is 1.91. The molecular formula is C19H20N2O2. The summed E-state index contributed by atoms with van der Waals surface area (Å²) in [6, 6.07) is 17.4. The Labute approximate surface area is 135 Å². The zero-order chi connectivity index (χ0) is 16.2. The SMILES string of the molecule is CC(C(=O)Nc1cccc2ccccc12)N(C)Cc1ccco1. The van der Waals surface area contributed by atoms with Crippen LogP contribution in [0.4, 0.5) is 5.69 Å². The van der Waals surface area contributed by atoms with E-state index in [4.69, 9.17) is 4.42 Å². The van der Waals surface area contributed by atoms with Crippen LogP contribution in [0.2, 0.25) is 0 Å². The molecule has 0 aliphatic carbocycles. The van der Waals surface area contributed by atoms with Gasteiger partial charge in [-0.3, -0.25) is 9.69 Å². The van der Waals surface area contributed by atoms with Crippen LogP contribution in [0, 0.1) is 0 Å². The second-order valence-electron chi connectivity index (χ2n) is 5.69. The maximum Gasteiger partial charge on any atom is 0.241 e. The van der Waals surface area contributed by atoms with Crippen LogP contribution in [0.25, 0.3) is 10.8 Å². The van der Waals surface area contributed by atoms with Gasteiger partial charge < -0.3 is 9.73 Å². The molecular weight excluding hydrogens is 288 g/mol. The fourth-order valence-electron chi connectivity index (χ4n) is 2.56. The topological polar surface area (TPSA) is 45.5 Å². The van der Waals surface area contributed by atoms with Crippen molar-refractivity contribution in [3.63, 3.8) is 0 Å². The Balaban J connectivity index is 1.72. The molecule has 0 aliphatic heterocycles. The molecule has 1 heterocycles. The van der Waals surface area contributed by atoms with Crippen LogP contribution >= 0.6 is 0 Å². The van der Waals surface area contributed by atoms with Crippen LogP contribution in [0.5, 0.6) is 0 Å². The Morgan fingerprint density at radius 3 is 2.70 bits per heavy atom. The van der Waals surface area contributed by atoms with Gasteiger partial charge in [-0.05, 0) is 37.6 Å². The van der Waals surface area contributed by atoms with Crippen molar-refractivity contribution < 1.29 is 9.21 Å². The fraction of sp³-hybridized carbons (Fsp3) is 0.211. The van der Waals surface area contributed by atoms with Gasteiger partial charge in [0.05, 0.1) is 18.8 Å². The van der Waals surface area contributed by atoms with Gasteiger partial charge in [0.25, 0.3) is 0 Å². The predicted octanol–water partition coefficient (Wildman–Crippen LogP) is 3.89. The minimum absolute atomic E-state index is 0.0320. The van der Waals surface area contributed by atoms with Gasteiger partial charge in [0.1, 0.15) is 5.76 Å².